The monoisotopic (exact) mass is 243 g/mol. The Hall–Kier alpha value is -0.650. The van der Waals surface area contributed by atoms with E-state index in [2.05, 4.69) is 4.90 Å². The summed E-state index contributed by atoms with van der Waals surface area (Å²) >= 11 is 0. The van der Waals surface area contributed by atoms with Crippen LogP contribution in [0.1, 0.15) is 12.8 Å². The number of hydrogen-bond acceptors (Lipinski definition) is 5. The van der Waals surface area contributed by atoms with Gasteiger partial charge in [-0.3, -0.25) is 9.69 Å². The predicted octanol–water partition coefficient (Wildman–Crippen LogP) is 0.287. The minimum Gasteiger partial charge on any atom is -0.468 e. The standard InChI is InChI=1S/C12H21NO4/c1-15-12(14)11-9-17-7-4-13(11)8-10-2-5-16-6-3-10/h10-11H,2-9H2,1H3. The number of ether oxygens (including phenoxy) is 3. The van der Waals surface area contributed by atoms with Crippen LogP contribution in [0.25, 0.3) is 0 Å². The summed E-state index contributed by atoms with van der Waals surface area (Å²) in [6.45, 7) is 4.62. The van der Waals surface area contributed by atoms with Crippen molar-refractivity contribution in [2.45, 2.75) is 18.9 Å². The Balaban J connectivity index is 1.88. The lowest BCUT2D eigenvalue weighted by Crippen LogP contribution is -2.52. The van der Waals surface area contributed by atoms with Crippen molar-refractivity contribution < 1.29 is 19.0 Å². The molecule has 5 heteroatoms. The average Bonchev–Trinajstić information content (AvgIpc) is 2.40. The third-order valence-electron chi connectivity index (χ3n) is 3.55. The number of rotatable bonds is 3. The summed E-state index contributed by atoms with van der Waals surface area (Å²) in [5.74, 6) is 0.450. The van der Waals surface area contributed by atoms with E-state index in [1.165, 1.54) is 7.11 Å². The quantitative estimate of drug-likeness (QED) is 0.667. The molecule has 0 N–H and O–H groups in total. The fourth-order valence-electron chi connectivity index (χ4n) is 2.47. The highest BCUT2D eigenvalue weighted by Crippen LogP contribution is 2.19. The van der Waals surface area contributed by atoms with Crippen molar-refractivity contribution in [3.63, 3.8) is 0 Å². The Labute approximate surface area is 102 Å². The van der Waals surface area contributed by atoms with E-state index in [-0.39, 0.29) is 12.0 Å². The Kier molecular flexibility index (Phi) is 4.76. The van der Waals surface area contributed by atoms with Gasteiger partial charge in [-0.2, -0.15) is 0 Å². The Morgan fingerprint density at radius 1 is 1.29 bits per heavy atom. The summed E-state index contributed by atoms with van der Waals surface area (Å²) in [4.78, 5) is 13.9. The molecule has 0 spiro atoms. The van der Waals surface area contributed by atoms with Crippen LogP contribution in [-0.4, -0.2) is 63.5 Å². The van der Waals surface area contributed by atoms with Gasteiger partial charge in [-0.1, -0.05) is 0 Å². The fraction of sp³-hybridized carbons (Fsp3) is 0.917. The molecule has 98 valence electrons. The molecule has 0 aliphatic carbocycles. The van der Waals surface area contributed by atoms with E-state index < -0.39 is 0 Å². The molecule has 2 aliphatic heterocycles. The van der Waals surface area contributed by atoms with Crippen LogP contribution in [-0.2, 0) is 19.0 Å². The van der Waals surface area contributed by atoms with Crippen molar-refractivity contribution in [2.75, 3.05) is 46.6 Å². The van der Waals surface area contributed by atoms with Crippen molar-refractivity contribution in [1.29, 1.82) is 0 Å². The lowest BCUT2D eigenvalue weighted by molar-refractivity contribution is -0.154. The largest absolute Gasteiger partial charge is 0.468 e. The molecule has 0 amide bonds. The summed E-state index contributed by atoms with van der Waals surface area (Å²) in [5.41, 5.74) is 0. The van der Waals surface area contributed by atoms with Crippen molar-refractivity contribution in [3.05, 3.63) is 0 Å². The molecular formula is C12H21NO4. The lowest BCUT2D eigenvalue weighted by atomic mass is 9.98. The van der Waals surface area contributed by atoms with E-state index >= 15 is 0 Å². The summed E-state index contributed by atoms with van der Waals surface area (Å²) in [6.07, 6.45) is 2.18. The molecule has 0 radical (unpaired) electrons. The average molecular weight is 243 g/mol. The maximum atomic E-state index is 11.7. The van der Waals surface area contributed by atoms with Gasteiger partial charge in [-0.25, -0.2) is 0 Å². The lowest BCUT2D eigenvalue weighted by Gasteiger charge is -2.36. The maximum Gasteiger partial charge on any atom is 0.325 e. The van der Waals surface area contributed by atoms with E-state index in [9.17, 15) is 4.79 Å². The minimum atomic E-state index is -0.225. The highest BCUT2D eigenvalue weighted by molar-refractivity contribution is 5.75. The number of carbonyl (C=O) groups excluding carboxylic acids is 1. The van der Waals surface area contributed by atoms with Crippen LogP contribution in [0.15, 0.2) is 0 Å². The van der Waals surface area contributed by atoms with Crippen molar-refractivity contribution in [1.82, 2.24) is 4.90 Å². The highest BCUT2D eigenvalue weighted by Gasteiger charge is 2.31. The molecule has 0 bridgehead atoms. The predicted molar refractivity (Wildman–Crippen MR) is 61.7 cm³/mol. The first-order valence-electron chi connectivity index (χ1n) is 6.28. The van der Waals surface area contributed by atoms with Gasteiger partial charge in [0.1, 0.15) is 6.04 Å². The zero-order valence-corrected chi connectivity index (χ0v) is 10.4. The van der Waals surface area contributed by atoms with Gasteiger partial charge in [0.25, 0.3) is 0 Å². The van der Waals surface area contributed by atoms with Crippen LogP contribution in [0.5, 0.6) is 0 Å². The Morgan fingerprint density at radius 2 is 2.06 bits per heavy atom. The molecule has 2 rings (SSSR count). The number of nitrogens with zero attached hydrogens (tertiary/aromatic N) is 1. The number of esters is 1. The van der Waals surface area contributed by atoms with Gasteiger partial charge in [0.15, 0.2) is 0 Å². The first kappa shape index (κ1) is 12.8. The van der Waals surface area contributed by atoms with Crippen LogP contribution >= 0.6 is 0 Å². The molecule has 5 nitrogen and oxygen atoms in total. The first-order valence-corrected chi connectivity index (χ1v) is 6.28. The zero-order chi connectivity index (χ0) is 12.1. The van der Waals surface area contributed by atoms with Gasteiger partial charge < -0.3 is 14.2 Å². The molecule has 2 heterocycles. The van der Waals surface area contributed by atoms with Gasteiger partial charge in [-0.05, 0) is 18.8 Å². The topological polar surface area (TPSA) is 48.0 Å². The molecule has 2 fully saturated rings. The molecule has 2 aliphatic rings. The highest BCUT2D eigenvalue weighted by atomic mass is 16.5. The van der Waals surface area contributed by atoms with Gasteiger partial charge in [0.05, 0.1) is 20.3 Å². The van der Waals surface area contributed by atoms with Crippen LogP contribution in [0, 0.1) is 5.92 Å². The van der Waals surface area contributed by atoms with E-state index in [4.69, 9.17) is 14.2 Å². The van der Waals surface area contributed by atoms with Gasteiger partial charge in [-0.15, -0.1) is 0 Å². The van der Waals surface area contributed by atoms with E-state index in [0.717, 1.165) is 39.1 Å². The van der Waals surface area contributed by atoms with E-state index in [0.29, 0.717) is 19.1 Å². The Bertz CT molecular complexity index is 253. The first-order chi connectivity index (χ1) is 8.31. The molecule has 0 aromatic carbocycles. The SMILES string of the molecule is COC(=O)C1COCCN1CC1CCOCC1. The van der Waals surface area contributed by atoms with Crippen LogP contribution < -0.4 is 0 Å². The summed E-state index contributed by atoms with van der Waals surface area (Å²) in [6, 6.07) is -0.225. The number of morpholine rings is 1. The van der Waals surface area contributed by atoms with Crippen molar-refractivity contribution in [3.8, 4) is 0 Å². The van der Waals surface area contributed by atoms with Crippen LogP contribution in [0.2, 0.25) is 0 Å². The van der Waals surface area contributed by atoms with Crippen LogP contribution in [0.4, 0.5) is 0 Å². The van der Waals surface area contributed by atoms with Crippen molar-refractivity contribution in [2.24, 2.45) is 5.92 Å². The fourth-order valence-corrected chi connectivity index (χ4v) is 2.47. The summed E-state index contributed by atoms with van der Waals surface area (Å²) in [5, 5.41) is 0. The second-order valence-corrected chi connectivity index (χ2v) is 4.66. The van der Waals surface area contributed by atoms with E-state index in [1.54, 1.807) is 0 Å². The minimum absolute atomic E-state index is 0.184. The molecule has 0 aromatic rings. The molecule has 1 atom stereocenters. The number of carbonyl (C=O) groups is 1. The second-order valence-electron chi connectivity index (χ2n) is 4.66. The number of hydrogen-bond donors (Lipinski definition) is 0. The van der Waals surface area contributed by atoms with Gasteiger partial charge in [0.2, 0.25) is 0 Å². The normalized spacial score (nSPS) is 27.9. The van der Waals surface area contributed by atoms with Gasteiger partial charge >= 0.3 is 5.97 Å². The summed E-state index contributed by atoms with van der Waals surface area (Å²) in [7, 11) is 1.43. The molecule has 17 heavy (non-hydrogen) atoms. The maximum absolute atomic E-state index is 11.7. The third-order valence-corrected chi connectivity index (χ3v) is 3.55. The molecule has 2 saturated heterocycles. The molecule has 0 saturated carbocycles. The van der Waals surface area contributed by atoms with Crippen LogP contribution in [0.3, 0.4) is 0 Å². The molecule has 0 aromatic heterocycles. The second kappa shape index (κ2) is 6.33. The molecule has 1 unspecified atom stereocenters. The van der Waals surface area contributed by atoms with Crippen molar-refractivity contribution >= 4 is 5.97 Å². The number of methoxy groups -OCH3 is 1. The third kappa shape index (κ3) is 3.40. The Morgan fingerprint density at radius 3 is 2.76 bits per heavy atom. The summed E-state index contributed by atoms with van der Waals surface area (Å²) < 4.78 is 15.5. The van der Waals surface area contributed by atoms with E-state index in [1.807, 2.05) is 0 Å². The zero-order valence-electron chi connectivity index (χ0n) is 10.4. The van der Waals surface area contributed by atoms with Gasteiger partial charge in [0, 0.05) is 26.3 Å². The smallest absolute Gasteiger partial charge is 0.325 e. The molecular weight excluding hydrogens is 222 g/mol.